The van der Waals surface area contributed by atoms with Crippen molar-refractivity contribution in [2.45, 2.75) is 32.9 Å². The lowest BCUT2D eigenvalue weighted by Crippen LogP contribution is -2.35. The normalized spacial score (nSPS) is 17.0. The maximum atomic E-state index is 13.2. The smallest absolute Gasteiger partial charge is 0.295 e. The van der Waals surface area contributed by atoms with Crippen LogP contribution in [0, 0.1) is 6.92 Å². The van der Waals surface area contributed by atoms with Gasteiger partial charge in [0, 0.05) is 18.7 Å². The van der Waals surface area contributed by atoms with Crippen LogP contribution in [0.4, 0.5) is 0 Å². The van der Waals surface area contributed by atoms with E-state index >= 15 is 0 Å². The summed E-state index contributed by atoms with van der Waals surface area (Å²) in [5.41, 5.74) is 4.77. The molecular formula is C31H34N2O4. The maximum absolute atomic E-state index is 13.2. The fourth-order valence-electron chi connectivity index (χ4n) is 4.53. The Bertz CT molecular complexity index is 1290. The van der Waals surface area contributed by atoms with E-state index in [0.29, 0.717) is 31.0 Å². The first kappa shape index (κ1) is 26.2. The third-order valence-electron chi connectivity index (χ3n) is 6.65. The van der Waals surface area contributed by atoms with Crippen molar-refractivity contribution in [3.05, 3.63) is 106 Å². The zero-order valence-corrected chi connectivity index (χ0v) is 21.9. The van der Waals surface area contributed by atoms with Gasteiger partial charge in [-0.1, -0.05) is 61.0 Å². The number of nitrogens with zero attached hydrogens (tertiary/aromatic N) is 2. The number of amides is 1. The van der Waals surface area contributed by atoms with Gasteiger partial charge in [0.2, 0.25) is 0 Å². The summed E-state index contributed by atoms with van der Waals surface area (Å²) in [5.74, 6) is -0.789. The highest BCUT2D eigenvalue weighted by molar-refractivity contribution is 6.46. The molecule has 0 unspecified atom stereocenters. The molecule has 0 saturated carbocycles. The second-order valence-corrected chi connectivity index (χ2v) is 9.69. The largest absolute Gasteiger partial charge is 0.507 e. The lowest BCUT2D eigenvalue weighted by atomic mass is 9.94. The summed E-state index contributed by atoms with van der Waals surface area (Å²) in [6.45, 7) is 5.52. The molecule has 192 valence electrons. The number of aliphatic hydroxyl groups is 1. The second-order valence-electron chi connectivity index (χ2n) is 9.69. The van der Waals surface area contributed by atoms with Gasteiger partial charge in [-0.3, -0.25) is 9.59 Å². The Kier molecular flexibility index (Phi) is 8.09. The number of likely N-dealkylation sites (N-methyl/N-ethyl adjacent to an activating group) is 1. The first-order valence-corrected chi connectivity index (χ1v) is 12.6. The summed E-state index contributed by atoms with van der Waals surface area (Å²) < 4.78 is 5.90. The van der Waals surface area contributed by atoms with Crippen molar-refractivity contribution < 1.29 is 19.4 Å². The zero-order valence-electron chi connectivity index (χ0n) is 21.9. The van der Waals surface area contributed by atoms with Gasteiger partial charge in [0.05, 0.1) is 11.6 Å². The van der Waals surface area contributed by atoms with Crippen molar-refractivity contribution in [3.8, 4) is 5.75 Å². The summed E-state index contributed by atoms with van der Waals surface area (Å²) in [7, 11) is 3.84. The van der Waals surface area contributed by atoms with Crippen molar-refractivity contribution in [3.63, 3.8) is 0 Å². The maximum Gasteiger partial charge on any atom is 0.295 e. The summed E-state index contributed by atoms with van der Waals surface area (Å²) in [6.07, 6.45) is 0.888. The number of benzene rings is 3. The first-order valence-electron chi connectivity index (χ1n) is 12.6. The van der Waals surface area contributed by atoms with Gasteiger partial charge in [0.1, 0.15) is 18.1 Å². The van der Waals surface area contributed by atoms with Gasteiger partial charge in [0.15, 0.2) is 0 Å². The van der Waals surface area contributed by atoms with Crippen LogP contribution in [0.25, 0.3) is 5.76 Å². The molecule has 0 radical (unpaired) electrons. The van der Waals surface area contributed by atoms with Gasteiger partial charge in [0.25, 0.3) is 11.7 Å². The fourth-order valence-corrected chi connectivity index (χ4v) is 4.53. The Hall–Kier alpha value is -3.90. The molecule has 37 heavy (non-hydrogen) atoms. The predicted octanol–water partition coefficient (Wildman–Crippen LogP) is 5.12. The number of hydrogen-bond acceptors (Lipinski definition) is 5. The van der Waals surface area contributed by atoms with E-state index in [4.69, 9.17) is 4.74 Å². The van der Waals surface area contributed by atoms with Crippen molar-refractivity contribution in [2.75, 3.05) is 27.2 Å². The number of aliphatic hydroxyl groups excluding tert-OH is 1. The van der Waals surface area contributed by atoms with Crippen LogP contribution < -0.4 is 4.74 Å². The number of rotatable bonds is 9. The molecule has 1 aliphatic rings. The average molecular weight is 499 g/mol. The molecular weight excluding hydrogens is 464 g/mol. The second kappa shape index (κ2) is 11.4. The fraction of sp³-hybridized carbons (Fsp3) is 0.290. The Morgan fingerprint density at radius 1 is 0.973 bits per heavy atom. The monoisotopic (exact) mass is 498 g/mol. The van der Waals surface area contributed by atoms with Crippen molar-refractivity contribution in [2.24, 2.45) is 0 Å². The summed E-state index contributed by atoms with van der Waals surface area (Å²) in [5, 5.41) is 11.3. The van der Waals surface area contributed by atoms with Gasteiger partial charge < -0.3 is 19.6 Å². The zero-order chi connectivity index (χ0) is 26.5. The highest BCUT2D eigenvalue weighted by Crippen LogP contribution is 2.39. The van der Waals surface area contributed by atoms with Crippen LogP contribution in [0.2, 0.25) is 0 Å². The van der Waals surface area contributed by atoms with Crippen LogP contribution in [0.3, 0.4) is 0 Å². The molecule has 1 amide bonds. The highest BCUT2D eigenvalue weighted by atomic mass is 16.5. The minimum absolute atomic E-state index is 0.112. The molecule has 1 N–H and O–H groups in total. The highest BCUT2D eigenvalue weighted by Gasteiger charge is 2.45. The van der Waals surface area contributed by atoms with E-state index in [0.717, 1.165) is 23.1 Å². The molecule has 3 aromatic rings. The molecule has 0 bridgehead atoms. The Labute approximate surface area is 218 Å². The molecule has 3 aromatic carbocycles. The van der Waals surface area contributed by atoms with Crippen LogP contribution in [0.1, 0.15) is 40.8 Å². The molecule has 6 nitrogen and oxygen atoms in total. The molecule has 1 fully saturated rings. The van der Waals surface area contributed by atoms with Crippen LogP contribution in [-0.2, 0) is 22.6 Å². The molecule has 0 aromatic heterocycles. The van der Waals surface area contributed by atoms with E-state index < -0.39 is 17.7 Å². The van der Waals surface area contributed by atoms with E-state index in [1.807, 2.05) is 68.4 Å². The lowest BCUT2D eigenvalue weighted by molar-refractivity contribution is -0.140. The van der Waals surface area contributed by atoms with E-state index in [1.165, 1.54) is 5.56 Å². The number of hydrogen-bond donors (Lipinski definition) is 1. The molecule has 0 aliphatic carbocycles. The number of Topliss-reactive ketones (excluding diaryl/α,β-unsaturated/α-hetero) is 1. The van der Waals surface area contributed by atoms with E-state index in [9.17, 15) is 14.7 Å². The van der Waals surface area contributed by atoms with Gasteiger partial charge >= 0.3 is 0 Å². The van der Waals surface area contributed by atoms with Crippen LogP contribution in [0.15, 0.2) is 78.4 Å². The first-order chi connectivity index (χ1) is 17.8. The number of likely N-dealkylation sites (tertiary alicyclic amines) is 1. The van der Waals surface area contributed by atoms with Gasteiger partial charge in [-0.15, -0.1) is 0 Å². The summed E-state index contributed by atoms with van der Waals surface area (Å²) >= 11 is 0. The Balaban J connectivity index is 1.64. The van der Waals surface area contributed by atoms with E-state index in [1.54, 1.807) is 29.2 Å². The van der Waals surface area contributed by atoms with Crippen molar-refractivity contribution >= 4 is 17.4 Å². The minimum atomic E-state index is -0.666. The molecule has 1 saturated heterocycles. The Morgan fingerprint density at radius 3 is 2.30 bits per heavy atom. The molecule has 6 heteroatoms. The van der Waals surface area contributed by atoms with Gasteiger partial charge in [-0.2, -0.15) is 0 Å². The lowest BCUT2D eigenvalue weighted by Gasteiger charge is -2.26. The molecule has 1 aliphatic heterocycles. The number of ketones is 1. The molecule has 1 atom stereocenters. The van der Waals surface area contributed by atoms with Gasteiger partial charge in [-0.25, -0.2) is 0 Å². The topological polar surface area (TPSA) is 70.1 Å². The summed E-state index contributed by atoms with van der Waals surface area (Å²) in [6, 6.07) is 22.3. The number of ether oxygens (including phenoxy) is 1. The average Bonchev–Trinajstić information content (AvgIpc) is 3.15. The third kappa shape index (κ3) is 5.92. The number of aryl methyl sites for hydroxylation is 2. The van der Waals surface area contributed by atoms with Crippen molar-refractivity contribution in [1.82, 2.24) is 9.80 Å². The van der Waals surface area contributed by atoms with Crippen molar-refractivity contribution in [1.29, 1.82) is 0 Å². The molecule has 1 heterocycles. The van der Waals surface area contributed by atoms with Crippen LogP contribution in [0.5, 0.6) is 5.75 Å². The summed E-state index contributed by atoms with van der Waals surface area (Å²) in [4.78, 5) is 29.8. The number of carbonyl (C=O) groups is 2. The van der Waals surface area contributed by atoms with Crippen LogP contribution in [-0.4, -0.2) is 53.8 Å². The van der Waals surface area contributed by atoms with E-state index in [-0.39, 0.29) is 11.3 Å². The standard InChI is InChI=1S/C31H34N2O4/c1-5-22-9-11-24(12-10-22)28-27(30(35)31(36)33(28)18-17-32(3)4)29(34)25-13-15-26(16-14-25)37-20-23-8-6-7-21(2)19-23/h6-16,19,28,34H,5,17-18,20H2,1-4H3/b29-27+/t28-/m1/s1. The van der Waals surface area contributed by atoms with Gasteiger partial charge in [-0.05, 0) is 68.4 Å². The molecule has 0 spiro atoms. The SMILES string of the molecule is CCc1ccc([C@@H]2/C(=C(\O)c3ccc(OCc4cccc(C)c4)cc3)C(=O)C(=O)N2CCN(C)C)cc1. The van der Waals surface area contributed by atoms with E-state index in [2.05, 4.69) is 13.0 Å². The minimum Gasteiger partial charge on any atom is -0.507 e. The van der Waals surface area contributed by atoms with Crippen LogP contribution >= 0.6 is 0 Å². The Morgan fingerprint density at radius 2 is 1.68 bits per heavy atom. The third-order valence-corrected chi connectivity index (χ3v) is 6.65. The number of carbonyl (C=O) groups excluding carboxylic acids is 2. The predicted molar refractivity (Wildman–Crippen MR) is 145 cm³/mol. The molecule has 4 rings (SSSR count). The quantitative estimate of drug-likeness (QED) is 0.252.